The van der Waals surface area contributed by atoms with E-state index in [1.165, 1.54) is 67.1 Å². The van der Waals surface area contributed by atoms with Gasteiger partial charge in [0.2, 0.25) is 0 Å². The molecule has 2 fully saturated rings. The number of nitrogens with zero attached hydrogens (tertiary/aromatic N) is 3. The summed E-state index contributed by atoms with van der Waals surface area (Å²) in [6, 6.07) is 0. The maximum Gasteiger partial charge on any atom is 0.134 e. The van der Waals surface area contributed by atoms with Crippen LogP contribution in [-0.4, -0.2) is 39.0 Å². The second kappa shape index (κ2) is 5.24. The van der Waals surface area contributed by atoms with Gasteiger partial charge in [-0.1, -0.05) is 13.3 Å². The summed E-state index contributed by atoms with van der Waals surface area (Å²) in [5, 5.41) is 1.22. The Morgan fingerprint density at radius 1 is 1.41 bits per heavy atom. The molecule has 0 amide bonds. The lowest BCUT2D eigenvalue weighted by Crippen LogP contribution is -2.22. The minimum atomic E-state index is 0.673. The van der Waals surface area contributed by atoms with Crippen molar-refractivity contribution in [3.63, 3.8) is 0 Å². The second-order valence-electron chi connectivity index (χ2n) is 5.07. The van der Waals surface area contributed by atoms with Gasteiger partial charge in [-0.2, -0.15) is 8.75 Å². The number of rotatable bonds is 5. The lowest BCUT2D eigenvalue weighted by atomic mass is 9.90. The van der Waals surface area contributed by atoms with Crippen molar-refractivity contribution in [3.05, 3.63) is 5.69 Å². The first-order valence-electron chi connectivity index (χ1n) is 6.56. The summed E-state index contributed by atoms with van der Waals surface area (Å²) in [7, 11) is 0. The summed E-state index contributed by atoms with van der Waals surface area (Å²) in [5.41, 5.74) is 1.31. The molecule has 3 rings (SSSR count). The third-order valence-electron chi connectivity index (χ3n) is 3.90. The van der Waals surface area contributed by atoms with E-state index in [-0.39, 0.29) is 0 Å². The Kier molecular flexibility index (Phi) is 3.68. The zero-order valence-corrected chi connectivity index (χ0v) is 11.9. The Morgan fingerprint density at radius 2 is 2.35 bits per heavy atom. The Hall–Kier alpha value is -0.130. The van der Waals surface area contributed by atoms with Crippen LogP contribution in [0, 0.1) is 5.92 Å². The van der Waals surface area contributed by atoms with E-state index in [0.29, 0.717) is 5.92 Å². The highest BCUT2D eigenvalue weighted by Crippen LogP contribution is 2.42. The van der Waals surface area contributed by atoms with Gasteiger partial charge in [0.15, 0.2) is 0 Å². The zero-order valence-electron chi connectivity index (χ0n) is 10.3. The standard InChI is InChI=1S/C12H19N3S2/c1-2-3-6-16-12-11(13-17-14-12)10-8-15-5-4-9(10)7-15/h9-10H,2-8H2,1H3/t9-,10?/m0/s1. The highest BCUT2D eigenvalue weighted by atomic mass is 32.2. The van der Waals surface area contributed by atoms with E-state index in [0.717, 1.165) is 5.92 Å². The number of hydrogen-bond acceptors (Lipinski definition) is 5. The largest absolute Gasteiger partial charge is 0.302 e. The number of fused-ring (bicyclic) bond motifs is 2. The molecule has 2 aliphatic rings. The average Bonchev–Trinajstić information content (AvgIpc) is 3.04. The predicted molar refractivity (Wildman–Crippen MR) is 72.8 cm³/mol. The number of thioether (sulfide) groups is 1. The van der Waals surface area contributed by atoms with Crippen LogP contribution >= 0.6 is 23.5 Å². The minimum Gasteiger partial charge on any atom is -0.302 e. The van der Waals surface area contributed by atoms with Gasteiger partial charge in [-0.15, -0.1) is 11.8 Å². The normalized spacial score (nSPS) is 31.2. The van der Waals surface area contributed by atoms with Gasteiger partial charge in [0, 0.05) is 19.0 Å². The van der Waals surface area contributed by atoms with Crippen LogP contribution in [0.5, 0.6) is 0 Å². The topological polar surface area (TPSA) is 29.0 Å². The molecular formula is C12H19N3S2. The molecular weight excluding hydrogens is 250 g/mol. The Morgan fingerprint density at radius 3 is 3.06 bits per heavy atom. The van der Waals surface area contributed by atoms with Crippen molar-refractivity contribution in [2.45, 2.75) is 37.1 Å². The van der Waals surface area contributed by atoms with Crippen LogP contribution < -0.4 is 0 Å². The van der Waals surface area contributed by atoms with E-state index in [4.69, 9.17) is 0 Å². The third-order valence-corrected chi connectivity index (χ3v) is 5.63. The fourth-order valence-electron chi connectivity index (χ4n) is 2.92. The Bertz CT molecular complexity index is 380. The van der Waals surface area contributed by atoms with Gasteiger partial charge in [-0.3, -0.25) is 0 Å². The lowest BCUT2D eigenvalue weighted by molar-refractivity contribution is 0.342. The fraction of sp³-hybridized carbons (Fsp3) is 0.833. The SMILES string of the molecule is CCCCSc1nsnc1C1CN2CC[C@H]1C2. The van der Waals surface area contributed by atoms with Gasteiger partial charge in [0.25, 0.3) is 0 Å². The summed E-state index contributed by atoms with van der Waals surface area (Å²) < 4.78 is 9.07. The summed E-state index contributed by atoms with van der Waals surface area (Å²) in [5.74, 6) is 2.71. The molecule has 0 saturated carbocycles. The van der Waals surface area contributed by atoms with Crippen molar-refractivity contribution < 1.29 is 0 Å². The number of aromatic nitrogens is 2. The van der Waals surface area contributed by atoms with Crippen molar-refractivity contribution >= 4 is 23.5 Å². The van der Waals surface area contributed by atoms with Gasteiger partial charge in [0.05, 0.1) is 17.4 Å². The van der Waals surface area contributed by atoms with E-state index >= 15 is 0 Å². The molecule has 1 aromatic heterocycles. The van der Waals surface area contributed by atoms with Crippen molar-refractivity contribution in [2.75, 3.05) is 25.4 Å². The molecule has 3 atom stereocenters. The molecule has 94 valence electrons. The van der Waals surface area contributed by atoms with E-state index in [9.17, 15) is 0 Å². The van der Waals surface area contributed by atoms with Crippen molar-refractivity contribution in [1.29, 1.82) is 0 Å². The van der Waals surface area contributed by atoms with Crippen LogP contribution in [0.2, 0.25) is 0 Å². The van der Waals surface area contributed by atoms with Crippen LogP contribution in [0.4, 0.5) is 0 Å². The first-order chi connectivity index (χ1) is 8.38. The third kappa shape index (κ3) is 2.37. The van der Waals surface area contributed by atoms with Gasteiger partial charge < -0.3 is 4.90 Å². The molecule has 2 unspecified atom stereocenters. The van der Waals surface area contributed by atoms with Gasteiger partial charge >= 0.3 is 0 Å². The highest BCUT2D eigenvalue weighted by molar-refractivity contribution is 7.99. The highest BCUT2D eigenvalue weighted by Gasteiger charge is 2.41. The minimum absolute atomic E-state index is 0.673. The van der Waals surface area contributed by atoms with Gasteiger partial charge in [-0.05, 0) is 31.1 Å². The summed E-state index contributed by atoms with van der Waals surface area (Å²) in [4.78, 5) is 2.58. The molecule has 0 aromatic carbocycles. The molecule has 3 nitrogen and oxygen atoms in total. The number of hydrogen-bond donors (Lipinski definition) is 0. The molecule has 1 aromatic rings. The van der Waals surface area contributed by atoms with E-state index in [1.54, 1.807) is 0 Å². The molecule has 5 heteroatoms. The molecule has 2 bridgehead atoms. The first kappa shape index (κ1) is 11.9. The van der Waals surface area contributed by atoms with Gasteiger partial charge in [-0.25, -0.2) is 0 Å². The van der Waals surface area contributed by atoms with Crippen LogP contribution in [0.1, 0.15) is 37.8 Å². The van der Waals surface area contributed by atoms with Crippen molar-refractivity contribution in [3.8, 4) is 0 Å². The van der Waals surface area contributed by atoms with Crippen molar-refractivity contribution in [2.24, 2.45) is 5.92 Å². The quantitative estimate of drug-likeness (QED) is 0.607. The molecule has 0 radical (unpaired) electrons. The smallest absolute Gasteiger partial charge is 0.134 e. The number of piperidine rings is 1. The monoisotopic (exact) mass is 269 g/mol. The van der Waals surface area contributed by atoms with Gasteiger partial charge in [0.1, 0.15) is 5.03 Å². The molecule has 0 aliphatic carbocycles. The molecule has 0 N–H and O–H groups in total. The second-order valence-corrected chi connectivity index (χ2v) is 6.68. The van der Waals surface area contributed by atoms with Crippen LogP contribution in [0.25, 0.3) is 0 Å². The van der Waals surface area contributed by atoms with E-state index in [1.807, 2.05) is 11.8 Å². The van der Waals surface area contributed by atoms with Crippen LogP contribution in [0.15, 0.2) is 5.03 Å². The average molecular weight is 269 g/mol. The van der Waals surface area contributed by atoms with Crippen LogP contribution in [0.3, 0.4) is 0 Å². The van der Waals surface area contributed by atoms with E-state index < -0.39 is 0 Å². The maximum atomic E-state index is 4.58. The molecule has 3 heterocycles. The zero-order chi connectivity index (χ0) is 11.7. The molecule has 17 heavy (non-hydrogen) atoms. The fourth-order valence-corrected chi connectivity index (χ4v) is 4.78. The first-order valence-corrected chi connectivity index (χ1v) is 8.27. The lowest BCUT2D eigenvalue weighted by Gasteiger charge is -2.20. The summed E-state index contributed by atoms with van der Waals surface area (Å²) in [6.45, 7) is 6.06. The van der Waals surface area contributed by atoms with Crippen molar-refractivity contribution in [1.82, 2.24) is 13.6 Å². The number of unbranched alkanes of at least 4 members (excludes halogenated alkanes) is 1. The Labute approximate surface area is 111 Å². The molecule has 2 aliphatic heterocycles. The summed E-state index contributed by atoms with van der Waals surface area (Å²) >= 11 is 3.31. The molecule has 2 saturated heterocycles. The van der Waals surface area contributed by atoms with Crippen LogP contribution in [-0.2, 0) is 0 Å². The predicted octanol–water partition coefficient (Wildman–Crippen LogP) is 2.85. The summed E-state index contributed by atoms with van der Waals surface area (Å²) in [6.07, 6.45) is 3.91. The maximum absolute atomic E-state index is 4.58. The Balaban J connectivity index is 1.68. The molecule has 0 spiro atoms. The van der Waals surface area contributed by atoms with E-state index in [2.05, 4.69) is 20.6 Å².